The normalized spacial score (nSPS) is 18.8. The number of aromatic nitrogens is 2. The maximum Gasteiger partial charge on any atom is 0.264 e. The van der Waals surface area contributed by atoms with E-state index in [1.807, 2.05) is 24.8 Å². The molecule has 0 bridgehead atoms. The van der Waals surface area contributed by atoms with Gasteiger partial charge in [0.15, 0.2) is 0 Å². The predicted molar refractivity (Wildman–Crippen MR) is 106 cm³/mol. The lowest BCUT2D eigenvalue weighted by Crippen LogP contribution is -2.51. The molecule has 2 N–H and O–H groups in total. The number of fused-ring (bicyclic) bond motifs is 1. The van der Waals surface area contributed by atoms with Crippen LogP contribution in [0.25, 0.3) is 15.9 Å². The second kappa shape index (κ2) is 7.05. The van der Waals surface area contributed by atoms with Crippen molar-refractivity contribution in [1.29, 1.82) is 0 Å². The Labute approximate surface area is 161 Å². The molecule has 1 saturated heterocycles. The van der Waals surface area contributed by atoms with Crippen LogP contribution in [0, 0.1) is 12.7 Å². The van der Waals surface area contributed by atoms with Crippen LogP contribution < -0.4 is 5.73 Å². The lowest BCUT2D eigenvalue weighted by Gasteiger charge is -2.37. The molecule has 2 aromatic heterocycles. The van der Waals surface area contributed by atoms with Gasteiger partial charge in [0.2, 0.25) is 0 Å². The molecule has 0 saturated carbocycles. The van der Waals surface area contributed by atoms with Gasteiger partial charge in [0.25, 0.3) is 5.91 Å². The van der Waals surface area contributed by atoms with Crippen LogP contribution in [0.15, 0.2) is 30.3 Å². The highest BCUT2D eigenvalue weighted by Gasteiger charge is 2.31. The van der Waals surface area contributed by atoms with Crippen molar-refractivity contribution >= 4 is 27.5 Å². The van der Waals surface area contributed by atoms with Crippen LogP contribution in [0.4, 0.5) is 4.39 Å². The molecular formula is C20H23FN4OS. The zero-order valence-electron chi connectivity index (χ0n) is 15.5. The highest BCUT2D eigenvalue weighted by molar-refractivity contribution is 7.20. The first-order valence-corrected chi connectivity index (χ1v) is 10.1. The van der Waals surface area contributed by atoms with Gasteiger partial charge in [-0.25, -0.2) is 9.07 Å². The Morgan fingerprint density at radius 3 is 2.78 bits per heavy atom. The molecule has 4 rings (SSSR count). The highest BCUT2D eigenvalue weighted by Crippen LogP contribution is 2.32. The summed E-state index contributed by atoms with van der Waals surface area (Å²) in [5, 5.41) is 5.53. The van der Waals surface area contributed by atoms with Gasteiger partial charge >= 0.3 is 0 Å². The number of carbonyl (C=O) groups excluding carboxylic acids is 1. The van der Waals surface area contributed by atoms with Crippen LogP contribution in [0.2, 0.25) is 0 Å². The van der Waals surface area contributed by atoms with E-state index in [4.69, 9.17) is 5.73 Å². The number of rotatable bonds is 3. The average Bonchev–Trinajstić information content (AvgIpc) is 3.23. The predicted octanol–water partition coefficient (Wildman–Crippen LogP) is 3.88. The molecule has 2 atom stereocenters. The van der Waals surface area contributed by atoms with Gasteiger partial charge in [-0.15, -0.1) is 11.3 Å². The maximum absolute atomic E-state index is 13.3. The molecule has 1 aliphatic rings. The summed E-state index contributed by atoms with van der Waals surface area (Å²) in [4.78, 5) is 16.7. The monoisotopic (exact) mass is 386 g/mol. The Bertz CT molecular complexity index is 976. The van der Waals surface area contributed by atoms with Crippen molar-refractivity contribution in [3.05, 3.63) is 46.7 Å². The molecule has 1 fully saturated rings. The minimum Gasteiger partial charge on any atom is -0.333 e. The lowest BCUT2D eigenvalue weighted by molar-refractivity contribution is 0.0589. The van der Waals surface area contributed by atoms with Crippen LogP contribution in [-0.4, -0.2) is 39.2 Å². The van der Waals surface area contributed by atoms with Gasteiger partial charge in [-0.3, -0.25) is 4.79 Å². The van der Waals surface area contributed by atoms with E-state index < -0.39 is 0 Å². The van der Waals surface area contributed by atoms with Gasteiger partial charge < -0.3 is 10.6 Å². The third-order valence-electron chi connectivity index (χ3n) is 5.24. The minimum atomic E-state index is -0.284. The minimum absolute atomic E-state index is 0.0416. The lowest BCUT2D eigenvalue weighted by atomic mass is 9.97. The molecule has 142 valence electrons. The van der Waals surface area contributed by atoms with Crippen LogP contribution in [0.5, 0.6) is 0 Å². The summed E-state index contributed by atoms with van der Waals surface area (Å²) in [5.74, 6) is -0.240. The molecule has 0 aliphatic carbocycles. The average molecular weight is 386 g/mol. The number of hydrogen-bond acceptors (Lipinski definition) is 4. The second-order valence-corrected chi connectivity index (χ2v) is 8.25. The summed E-state index contributed by atoms with van der Waals surface area (Å²) in [5.41, 5.74) is 7.76. The summed E-state index contributed by atoms with van der Waals surface area (Å²) in [6.45, 7) is 4.65. The van der Waals surface area contributed by atoms with E-state index in [0.29, 0.717) is 4.88 Å². The van der Waals surface area contributed by atoms with Gasteiger partial charge in [-0.1, -0.05) is 0 Å². The first-order chi connectivity index (χ1) is 13.0. The van der Waals surface area contributed by atoms with E-state index in [1.54, 1.807) is 16.8 Å². The third kappa shape index (κ3) is 3.26. The molecule has 3 aromatic rings. The standard InChI is InChI=1S/C20H23FN4OS/c1-12(22)17-5-3-4-10-24(17)19(26)18-11-16-13(2)23-25(20(16)27-18)15-8-6-14(21)7-9-15/h6-9,11-12,17H,3-5,10,22H2,1-2H3. The largest absolute Gasteiger partial charge is 0.333 e. The molecule has 1 amide bonds. The molecule has 0 spiro atoms. The fourth-order valence-corrected chi connectivity index (χ4v) is 4.95. The van der Waals surface area contributed by atoms with Gasteiger partial charge in [0, 0.05) is 24.0 Å². The summed E-state index contributed by atoms with van der Waals surface area (Å²) in [6.07, 6.45) is 3.08. The van der Waals surface area contributed by atoms with Crippen molar-refractivity contribution in [1.82, 2.24) is 14.7 Å². The number of benzene rings is 1. The van der Waals surface area contributed by atoms with Crippen LogP contribution in [0.3, 0.4) is 0 Å². The van der Waals surface area contributed by atoms with Gasteiger partial charge in [-0.2, -0.15) is 5.10 Å². The highest BCUT2D eigenvalue weighted by atomic mass is 32.1. The number of piperidine rings is 1. The number of likely N-dealkylation sites (tertiary alicyclic amines) is 1. The van der Waals surface area contributed by atoms with E-state index >= 15 is 0 Å². The summed E-state index contributed by atoms with van der Waals surface area (Å²) in [6, 6.07) is 8.19. The van der Waals surface area contributed by atoms with Crippen LogP contribution >= 0.6 is 11.3 Å². The zero-order chi connectivity index (χ0) is 19.1. The van der Waals surface area contributed by atoms with Crippen molar-refractivity contribution in [2.75, 3.05) is 6.54 Å². The summed E-state index contributed by atoms with van der Waals surface area (Å²) in [7, 11) is 0. The van der Waals surface area contributed by atoms with Crippen molar-refractivity contribution in [2.24, 2.45) is 5.73 Å². The SMILES string of the molecule is Cc1nn(-c2ccc(F)cc2)c2sc(C(=O)N3CCCCC3C(C)N)cc12. The zero-order valence-corrected chi connectivity index (χ0v) is 16.3. The van der Waals surface area contributed by atoms with Gasteiger partial charge in [0.1, 0.15) is 10.6 Å². The number of amides is 1. The number of aryl methyl sites for hydroxylation is 1. The fourth-order valence-electron chi connectivity index (χ4n) is 3.81. The quantitative estimate of drug-likeness (QED) is 0.743. The number of hydrogen-bond donors (Lipinski definition) is 1. The smallest absolute Gasteiger partial charge is 0.264 e. The van der Waals surface area contributed by atoms with E-state index in [2.05, 4.69) is 5.10 Å². The molecular weight excluding hydrogens is 363 g/mol. The number of nitrogens with zero attached hydrogens (tertiary/aromatic N) is 3. The Morgan fingerprint density at radius 2 is 2.07 bits per heavy atom. The Hall–Kier alpha value is -2.25. The van der Waals surface area contributed by atoms with Crippen molar-refractivity contribution in [3.8, 4) is 5.69 Å². The summed E-state index contributed by atoms with van der Waals surface area (Å²) >= 11 is 1.43. The first kappa shape index (κ1) is 18.1. The molecule has 27 heavy (non-hydrogen) atoms. The summed E-state index contributed by atoms with van der Waals surface area (Å²) < 4.78 is 15.0. The molecule has 0 radical (unpaired) electrons. The topological polar surface area (TPSA) is 64.2 Å². The maximum atomic E-state index is 13.3. The van der Waals surface area contributed by atoms with E-state index in [9.17, 15) is 9.18 Å². The Balaban J connectivity index is 1.72. The molecule has 7 heteroatoms. The van der Waals surface area contributed by atoms with Crippen LogP contribution in [-0.2, 0) is 0 Å². The third-order valence-corrected chi connectivity index (χ3v) is 6.34. The first-order valence-electron chi connectivity index (χ1n) is 9.27. The molecule has 3 heterocycles. The molecule has 5 nitrogen and oxygen atoms in total. The van der Waals surface area contributed by atoms with Gasteiger partial charge in [-0.05, 0) is 63.4 Å². The second-order valence-electron chi connectivity index (χ2n) is 7.22. The number of carbonyl (C=O) groups is 1. The van der Waals surface area contributed by atoms with Gasteiger partial charge in [0.05, 0.1) is 16.3 Å². The van der Waals surface area contributed by atoms with E-state index in [0.717, 1.165) is 47.4 Å². The van der Waals surface area contributed by atoms with E-state index in [1.165, 1.54) is 23.5 Å². The number of thiophene rings is 1. The molecule has 1 aliphatic heterocycles. The molecule has 2 unspecified atom stereocenters. The fraction of sp³-hybridized carbons (Fsp3) is 0.400. The van der Waals surface area contributed by atoms with E-state index in [-0.39, 0.29) is 23.8 Å². The van der Waals surface area contributed by atoms with Crippen molar-refractivity contribution < 1.29 is 9.18 Å². The number of nitrogens with two attached hydrogens (primary N) is 1. The number of halogens is 1. The van der Waals surface area contributed by atoms with Crippen LogP contribution in [0.1, 0.15) is 41.6 Å². The van der Waals surface area contributed by atoms with Crippen molar-refractivity contribution in [2.45, 2.75) is 45.2 Å². The molecule has 1 aromatic carbocycles. The Kier molecular flexibility index (Phi) is 4.74. The Morgan fingerprint density at radius 1 is 1.33 bits per heavy atom. The van der Waals surface area contributed by atoms with Crippen molar-refractivity contribution in [3.63, 3.8) is 0 Å².